The first-order chi connectivity index (χ1) is 14.6. The van der Waals surface area contributed by atoms with Crippen LogP contribution in [-0.4, -0.2) is 21.5 Å². The molecule has 0 aromatic heterocycles. The fraction of sp³-hybridized carbons (Fsp3) is 0.522. The van der Waals surface area contributed by atoms with Crippen molar-refractivity contribution in [1.82, 2.24) is 5.32 Å². The maximum atomic E-state index is 10.9. The Bertz CT molecular complexity index is 968. The van der Waals surface area contributed by atoms with Crippen LogP contribution in [0.15, 0.2) is 46.6 Å². The molecule has 5 nitrogen and oxygen atoms in total. The van der Waals surface area contributed by atoms with E-state index in [0.29, 0.717) is 0 Å². The van der Waals surface area contributed by atoms with Crippen LogP contribution in [0.4, 0.5) is 0 Å². The highest BCUT2D eigenvalue weighted by Crippen LogP contribution is 2.72. The molecule has 2 heterocycles. The Morgan fingerprint density at radius 2 is 1.77 bits per heavy atom. The maximum Gasteiger partial charge on any atom is 0.178 e. The molecule has 0 fully saturated rings. The molecule has 1 aliphatic carbocycles. The zero-order valence-electron chi connectivity index (χ0n) is 17.4. The van der Waals surface area contributed by atoms with Gasteiger partial charge in [-0.15, -0.1) is 23.5 Å². The van der Waals surface area contributed by atoms with Gasteiger partial charge >= 0.3 is 0 Å². The highest BCUT2D eigenvalue weighted by atomic mass is 32.2. The van der Waals surface area contributed by atoms with E-state index < -0.39 is 21.1 Å². The first kappa shape index (κ1) is 21.2. The molecule has 0 amide bonds. The Morgan fingerprint density at radius 1 is 1.10 bits per heavy atom. The topological polar surface area (TPSA) is 98.0 Å². The summed E-state index contributed by atoms with van der Waals surface area (Å²) < 4.78 is -0.821. The van der Waals surface area contributed by atoms with Gasteiger partial charge in [-0.2, -0.15) is 10.5 Å². The SMILES string of the molecule is CCSC1(SCC)N=C(N)[C@]2(C#N)[C@H](c3ccccc3)NC3=C(CCCC3)[C@@]12C#N. The average molecular weight is 438 g/mol. The molecule has 0 unspecified atom stereocenters. The first-order valence-electron chi connectivity index (χ1n) is 10.6. The van der Waals surface area contributed by atoms with Gasteiger partial charge in [0.1, 0.15) is 5.84 Å². The average Bonchev–Trinajstić information content (AvgIpc) is 2.99. The summed E-state index contributed by atoms with van der Waals surface area (Å²) in [4.78, 5) is 5.00. The van der Waals surface area contributed by atoms with E-state index >= 15 is 0 Å². The Hall–Kier alpha value is -2.09. The van der Waals surface area contributed by atoms with Crippen molar-refractivity contribution in [2.75, 3.05) is 11.5 Å². The van der Waals surface area contributed by atoms with E-state index in [0.717, 1.165) is 54.0 Å². The Kier molecular flexibility index (Phi) is 5.55. The third-order valence-corrected chi connectivity index (χ3v) is 9.43. The molecular weight excluding hydrogens is 410 g/mol. The number of hydrogen-bond donors (Lipinski definition) is 2. The number of nitriles is 2. The van der Waals surface area contributed by atoms with Gasteiger partial charge in [-0.1, -0.05) is 44.2 Å². The molecule has 2 aliphatic heterocycles. The summed E-state index contributed by atoms with van der Waals surface area (Å²) in [6.45, 7) is 4.16. The number of nitrogens with two attached hydrogens (primary N) is 1. The number of hydrogen-bond acceptors (Lipinski definition) is 7. The zero-order chi connectivity index (χ0) is 21.4. The van der Waals surface area contributed by atoms with Crippen molar-refractivity contribution >= 4 is 29.4 Å². The number of benzene rings is 1. The summed E-state index contributed by atoms with van der Waals surface area (Å²) in [5.74, 6) is 1.87. The van der Waals surface area contributed by atoms with Gasteiger partial charge in [-0.3, -0.25) is 0 Å². The zero-order valence-corrected chi connectivity index (χ0v) is 19.1. The van der Waals surface area contributed by atoms with Crippen LogP contribution in [0.3, 0.4) is 0 Å². The van der Waals surface area contributed by atoms with Gasteiger partial charge in [0.2, 0.25) is 0 Å². The van der Waals surface area contributed by atoms with Gasteiger partial charge in [-0.05, 0) is 48.3 Å². The largest absolute Gasteiger partial charge is 0.386 e. The number of nitrogens with one attached hydrogen (secondary N) is 1. The van der Waals surface area contributed by atoms with Crippen LogP contribution >= 0.6 is 23.5 Å². The molecule has 4 rings (SSSR count). The Labute approximate surface area is 187 Å². The van der Waals surface area contributed by atoms with Crippen LogP contribution in [0.5, 0.6) is 0 Å². The predicted octanol–water partition coefficient (Wildman–Crippen LogP) is 4.71. The van der Waals surface area contributed by atoms with Gasteiger partial charge in [-0.25, -0.2) is 4.99 Å². The Balaban J connectivity index is 2.09. The summed E-state index contributed by atoms with van der Waals surface area (Å²) in [6, 6.07) is 14.8. The normalized spacial score (nSPS) is 31.6. The van der Waals surface area contributed by atoms with Crippen molar-refractivity contribution in [1.29, 1.82) is 10.5 Å². The predicted molar refractivity (Wildman–Crippen MR) is 125 cm³/mol. The lowest BCUT2D eigenvalue weighted by Gasteiger charge is -2.54. The van der Waals surface area contributed by atoms with Crippen molar-refractivity contribution < 1.29 is 0 Å². The monoisotopic (exact) mass is 437 g/mol. The van der Waals surface area contributed by atoms with E-state index in [2.05, 4.69) is 31.3 Å². The first-order valence-corrected chi connectivity index (χ1v) is 12.5. The standard InChI is InChI=1S/C23H27N5S2/c1-3-29-23(30-4-2)22(15-25)17-12-8-9-13-18(17)27-19(16-10-6-5-7-11-16)21(22,14-24)20(26)28-23/h5-7,10-11,19,27H,3-4,8-9,12-13H2,1-2H3,(H2,26,28)/t19-,21-,22+/m0/s1. The molecule has 0 spiro atoms. The minimum atomic E-state index is -1.26. The van der Waals surface area contributed by atoms with Crippen molar-refractivity contribution in [3.8, 4) is 12.1 Å². The second-order valence-electron chi connectivity index (χ2n) is 7.88. The molecule has 156 valence electrons. The van der Waals surface area contributed by atoms with Gasteiger partial charge in [0.25, 0.3) is 0 Å². The summed E-state index contributed by atoms with van der Waals surface area (Å²) in [6.07, 6.45) is 3.80. The van der Waals surface area contributed by atoms with E-state index in [9.17, 15) is 10.5 Å². The summed E-state index contributed by atoms with van der Waals surface area (Å²) in [5, 5.41) is 25.4. The summed E-state index contributed by atoms with van der Waals surface area (Å²) in [7, 11) is 0. The molecule has 1 aromatic rings. The second kappa shape index (κ2) is 7.87. The maximum absolute atomic E-state index is 10.9. The van der Waals surface area contributed by atoms with Crippen LogP contribution in [0.1, 0.15) is 51.1 Å². The van der Waals surface area contributed by atoms with E-state index in [1.165, 1.54) is 0 Å². The third-order valence-electron chi connectivity index (χ3n) is 6.57. The third kappa shape index (κ3) is 2.52. The number of allylic oxidation sites excluding steroid dienone is 1. The molecule has 3 aliphatic rings. The van der Waals surface area contributed by atoms with Gasteiger partial charge < -0.3 is 11.1 Å². The van der Waals surface area contributed by atoms with Crippen molar-refractivity contribution in [2.24, 2.45) is 21.6 Å². The van der Waals surface area contributed by atoms with Crippen LogP contribution in [-0.2, 0) is 0 Å². The van der Waals surface area contributed by atoms with E-state index in [-0.39, 0.29) is 5.84 Å². The molecule has 7 heteroatoms. The lowest BCUT2D eigenvalue weighted by Crippen LogP contribution is -2.62. The summed E-state index contributed by atoms with van der Waals surface area (Å²) >= 11 is 3.30. The van der Waals surface area contributed by atoms with Gasteiger partial charge in [0.05, 0.1) is 18.2 Å². The highest BCUT2D eigenvalue weighted by molar-refractivity contribution is 8.18. The van der Waals surface area contributed by atoms with Gasteiger partial charge in [0.15, 0.2) is 15.0 Å². The molecule has 1 aromatic carbocycles. The number of aliphatic imine (C=N–C) groups is 1. The fourth-order valence-electron chi connectivity index (χ4n) is 5.45. The number of thioether (sulfide) groups is 2. The molecular formula is C23H27N5S2. The molecule has 0 saturated heterocycles. The minimum absolute atomic E-state index is 0.284. The quantitative estimate of drug-likeness (QED) is 0.647. The number of fused-ring (bicyclic) bond motifs is 2. The lowest BCUT2D eigenvalue weighted by molar-refractivity contribution is 0.185. The van der Waals surface area contributed by atoms with E-state index in [1.807, 2.05) is 30.3 Å². The highest BCUT2D eigenvalue weighted by Gasteiger charge is 2.77. The van der Waals surface area contributed by atoms with Crippen LogP contribution in [0, 0.1) is 33.5 Å². The molecule has 3 N–H and O–H groups in total. The number of nitrogens with zero attached hydrogens (tertiary/aromatic N) is 3. The molecule has 0 radical (unpaired) electrons. The number of rotatable bonds is 5. The van der Waals surface area contributed by atoms with Crippen molar-refractivity contribution in [3.63, 3.8) is 0 Å². The fourth-order valence-corrected chi connectivity index (χ4v) is 8.69. The Morgan fingerprint density at radius 3 is 2.37 bits per heavy atom. The summed E-state index contributed by atoms with van der Waals surface area (Å²) in [5.41, 5.74) is 7.43. The van der Waals surface area contributed by atoms with Crippen LogP contribution < -0.4 is 11.1 Å². The minimum Gasteiger partial charge on any atom is -0.386 e. The molecule has 3 atom stereocenters. The van der Waals surface area contributed by atoms with Crippen molar-refractivity contribution in [2.45, 2.75) is 49.8 Å². The lowest BCUT2D eigenvalue weighted by atomic mass is 9.53. The van der Waals surface area contributed by atoms with E-state index in [4.69, 9.17) is 10.7 Å². The molecule has 0 saturated carbocycles. The number of amidine groups is 1. The van der Waals surface area contributed by atoms with Gasteiger partial charge in [0, 0.05) is 5.70 Å². The van der Waals surface area contributed by atoms with Crippen molar-refractivity contribution in [3.05, 3.63) is 47.2 Å². The van der Waals surface area contributed by atoms with Crippen LogP contribution in [0.25, 0.3) is 0 Å². The molecule has 0 bridgehead atoms. The van der Waals surface area contributed by atoms with Crippen LogP contribution in [0.2, 0.25) is 0 Å². The smallest absolute Gasteiger partial charge is 0.178 e. The molecule has 30 heavy (non-hydrogen) atoms. The second-order valence-corrected chi connectivity index (χ2v) is 11.1. The van der Waals surface area contributed by atoms with E-state index in [1.54, 1.807) is 23.5 Å².